The van der Waals surface area contributed by atoms with Crippen LogP contribution in [0, 0.1) is 11.8 Å². The third-order valence-corrected chi connectivity index (χ3v) is 3.10. The molecule has 0 aromatic heterocycles. The van der Waals surface area contributed by atoms with Gasteiger partial charge in [0, 0.05) is 20.8 Å². The van der Waals surface area contributed by atoms with Crippen LogP contribution in [0.2, 0.25) is 0 Å². The largest absolute Gasteiger partial charge is 0.354 e. The van der Waals surface area contributed by atoms with Gasteiger partial charge in [-0.25, -0.2) is 0 Å². The summed E-state index contributed by atoms with van der Waals surface area (Å²) in [6.07, 6.45) is -0.395. The van der Waals surface area contributed by atoms with Crippen molar-refractivity contribution in [3.05, 3.63) is 0 Å². The number of amides is 1. The van der Waals surface area contributed by atoms with E-state index in [1.165, 1.54) is 0 Å². The highest BCUT2D eigenvalue weighted by atomic mass is 16.7. The van der Waals surface area contributed by atoms with Gasteiger partial charge in [0.25, 0.3) is 0 Å². The molecule has 3 atom stereocenters. The average molecular weight is 230 g/mol. The number of ether oxygens (including phenoxy) is 2. The van der Waals surface area contributed by atoms with E-state index in [-0.39, 0.29) is 17.9 Å². The zero-order valence-electron chi connectivity index (χ0n) is 10.4. The van der Waals surface area contributed by atoms with Gasteiger partial charge in [-0.3, -0.25) is 4.79 Å². The minimum Gasteiger partial charge on any atom is -0.354 e. The van der Waals surface area contributed by atoms with Gasteiger partial charge in [0.1, 0.15) is 0 Å². The lowest BCUT2D eigenvalue weighted by Crippen LogP contribution is -2.46. The Kier molecular flexibility index (Phi) is 5.18. The van der Waals surface area contributed by atoms with E-state index < -0.39 is 6.29 Å². The second-order valence-corrected chi connectivity index (χ2v) is 4.38. The van der Waals surface area contributed by atoms with Crippen LogP contribution in [0.4, 0.5) is 0 Å². The fraction of sp³-hybridized carbons (Fsp3) is 0.909. The van der Waals surface area contributed by atoms with Crippen LogP contribution >= 0.6 is 0 Å². The molecule has 1 fully saturated rings. The molecule has 16 heavy (non-hydrogen) atoms. The van der Waals surface area contributed by atoms with Gasteiger partial charge >= 0.3 is 0 Å². The van der Waals surface area contributed by atoms with Gasteiger partial charge in [-0.1, -0.05) is 6.92 Å². The molecule has 1 saturated heterocycles. The molecule has 1 heterocycles. The van der Waals surface area contributed by atoms with Crippen LogP contribution in [0.25, 0.3) is 0 Å². The SMILES string of the molecule is COC(OC)C(C)NC(=O)[C@@H]1CNC[C@H]1C. The molecule has 0 bridgehead atoms. The van der Waals surface area contributed by atoms with Crippen LogP contribution in [0.15, 0.2) is 0 Å². The van der Waals surface area contributed by atoms with Gasteiger partial charge in [-0.2, -0.15) is 0 Å². The molecule has 1 amide bonds. The summed E-state index contributed by atoms with van der Waals surface area (Å²) in [5.41, 5.74) is 0. The first-order valence-electron chi connectivity index (χ1n) is 5.66. The fourth-order valence-electron chi connectivity index (χ4n) is 2.07. The van der Waals surface area contributed by atoms with Crippen molar-refractivity contribution in [2.24, 2.45) is 11.8 Å². The van der Waals surface area contributed by atoms with E-state index in [2.05, 4.69) is 17.6 Å². The third kappa shape index (κ3) is 3.17. The summed E-state index contributed by atoms with van der Waals surface area (Å²) in [7, 11) is 3.13. The predicted octanol–water partition coefficient (Wildman–Crippen LogP) is -0.0345. The van der Waals surface area contributed by atoms with Crippen molar-refractivity contribution in [2.45, 2.75) is 26.2 Å². The molecule has 0 spiro atoms. The second kappa shape index (κ2) is 6.18. The number of carbonyl (C=O) groups excluding carboxylic acids is 1. The van der Waals surface area contributed by atoms with Crippen molar-refractivity contribution in [3.63, 3.8) is 0 Å². The first-order valence-corrected chi connectivity index (χ1v) is 5.66. The van der Waals surface area contributed by atoms with Crippen LogP contribution < -0.4 is 10.6 Å². The van der Waals surface area contributed by atoms with Crippen molar-refractivity contribution in [1.82, 2.24) is 10.6 Å². The molecule has 1 unspecified atom stereocenters. The molecule has 0 saturated carbocycles. The maximum Gasteiger partial charge on any atom is 0.225 e. The molecule has 1 rings (SSSR count). The molecular formula is C11H22N2O3. The topological polar surface area (TPSA) is 59.6 Å². The minimum absolute atomic E-state index is 0.0526. The lowest BCUT2D eigenvalue weighted by Gasteiger charge is -2.24. The summed E-state index contributed by atoms with van der Waals surface area (Å²) in [5, 5.41) is 6.14. The van der Waals surface area contributed by atoms with E-state index in [4.69, 9.17) is 9.47 Å². The van der Waals surface area contributed by atoms with Crippen molar-refractivity contribution in [1.29, 1.82) is 0 Å². The Morgan fingerprint density at radius 2 is 2.00 bits per heavy atom. The lowest BCUT2D eigenvalue weighted by molar-refractivity contribution is -0.138. The monoisotopic (exact) mass is 230 g/mol. The molecule has 0 radical (unpaired) electrons. The van der Waals surface area contributed by atoms with E-state index >= 15 is 0 Å². The van der Waals surface area contributed by atoms with Gasteiger partial charge in [0.05, 0.1) is 12.0 Å². The van der Waals surface area contributed by atoms with Crippen molar-refractivity contribution >= 4 is 5.91 Å². The summed E-state index contributed by atoms with van der Waals surface area (Å²) in [5.74, 6) is 0.511. The highest BCUT2D eigenvalue weighted by molar-refractivity contribution is 5.79. The van der Waals surface area contributed by atoms with Crippen molar-refractivity contribution in [3.8, 4) is 0 Å². The second-order valence-electron chi connectivity index (χ2n) is 4.38. The van der Waals surface area contributed by atoms with Crippen LogP contribution in [0.5, 0.6) is 0 Å². The molecule has 0 aromatic carbocycles. The molecule has 5 nitrogen and oxygen atoms in total. The smallest absolute Gasteiger partial charge is 0.225 e. The molecule has 1 aliphatic heterocycles. The van der Waals surface area contributed by atoms with E-state index in [1.807, 2.05) is 6.92 Å². The number of methoxy groups -OCH3 is 2. The fourth-order valence-corrected chi connectivity index (χ4v) is 2.07. The van der Waals surface area contributed by atoms with Crippen molar-refractivity contribution < 1.29 is 14.3 Å². The Hall–Kier alpha value is -0.650. The maximum absolute atomic E-state index is 11.9. The number of hydrogen-bond donors (Lipinski definition) is 2. The first-order chi connectivity index (χ1) is 7.60. The zero-order chi connectivity index (χ0) is 12.1. The maximum atomic E-state index is 11.9. The summed E-state index contributed by atoms with van der Waals surface area (Å²) < 4.78 is 10.2. The molecular weight excluding hydrogens is 208 g/mol. The number of carbonyl (C=O) groups is 1. The highest BCUT2D eigenvalue weighted by Gasteiger charge is 2.31. The minimum atomic E-state index is -0.395. The van der Waals surface area contributed by atoms with Gasteiger partial charge < -0.3 is 20.1 Å². The zero-order valence-corrected chi connectivity index (χ0v) is 10.4. The van der Waals surface area contributed by atoms with Crippen molar-refractivity contribution in [2.75, 3.05) is 27.3 Å². The summed E-state index contributed by atoms with van der Waals surface area (Å²) in [6.45, 7) is 5.62. The Labute approximate surface area is 96.9 Å². The Morgan fingerprint density at radius 1 is 1.38 bits per heavy atom. The number of hydrogen-bond acceptors (Lipinski definition) is 4. The number of rotatable bonds is 5. The van der Waals surface area contributed by atoms with Crippen LogP contribution in [0.1, 0.15) is 13.8 Å². The average Bonchev–Trinajstić information content (AvgIpc) is 2.66. The quantitative estimate of drug-likeness (QED) is 0.651. The lowest BCUT2D eigenvalue weighted by atomic mass is 9.97. The Balaban J connectivity index is 2.44. The van der Waals surface area contributed by atoms with Gasteiger partial charge in [0.15, 0.2) is 6.29 Å². The van der Waals surface area contributed by atoms with E-state index in [1.54, 1.807) is 14.2 Å². The van der Waals surface area contributed by atoms with E-state index in [0.29, 0.717) is 5.92 Å². The molecule has 1 aliphatic rings. The molecule has 2 N–H and O–H groups in total. The third-order valence-electron chi connectivity index (χ3n) is 3.10. The summed E-state index contributed by atoms with van der Waals surface area (Å²) in [4.78, 5) is 11.9. The Morgan fingerprint density at radius 3 is 2.44 bits per heavy atom. The van der Waals surface area contributed by atoms with Crippen LogP contribution in [0.3, 0.4) is 0 Å². The first kappa shape index (κ1) is 13.4. The van der Waals surface area contributed by atoms with Crippen LogP contribution in [-0.2, 0) is 14.3 Å². The predicted molar refractivity (Wildman–Crippen MR) is 60.9 cm³/mol. The van der Waals surface area contributed by atoms with Gasteiger partial charge in [0.2, 0.25) is 5.91 Å². The van der Waals surface area contributed by atoms with Gasteiger partial charge in [-0.15, -0.1) is 0 Å². The molecule has 0 aromatic rings. The standard InChI is InChI=1S/C11H22N2O3/c1-7-5-12-6-9(7)10(14)13-8(2)11(15-3)16-4/h7-9,11-12H,5-6H2,1-4H3,(H,13,14)/t7-,8?,9-/m1/s1. The molecule has 94 valence electrons. The highest BCUT2D eigenvalue weighted by Crippen LogP contribution is 2.16. The van der Waals surface area contributed by atoms with Crippen LogP contribution in [-0.4, -0.2) is 45.5 Å². The summed E-state index contributed by atoms with van der Waals surface area (Å²) >= 11 is 0. The Bertz CT molecular complexity index is 231. The molecule has 5 heteroatoms. The summed E-state index contributed by atoms with van der Waals surface area (Å²) in [6, 6.07) is -0.143. The number of nitrogens with one attached hydrogen (secondary N) is 2. The van der Waals surface area contributed by atoms with E-state index in [0.717, 1.165) is 13.1 Å². The van der Waals surface area contributed by atoms with E-state index in [9.17, 15) is 4.79 Å². The normalized spacial score (nSPS) is 27.1. The van der Waals surface area contributed by atoms with Gasteiger partial charge in [-0.05, 0) is 19.4 Å². The molecule has 0 aliphatic carbocycles.